The van der Waals surface area contributed by atoms with Crippen molar-refractivity contribution in [2.24, 2.45) is 0 Å². The molecule has 0 saturated heterocycles. The molecule has 0 aromatic rings. The molecule has 0 aromatic carbocycles. The van der Waals surface area contributed by atoms with Crippen molar-refractivity contribution in [3.05, 3.63) is 0 Å². The average molecular weight is 264 g/mol. The van der Waals surface area contributed by atoms with Crippen LogP contribution in [0.25, 0.3) is 0 Å². The van der Waals surface area contributed by atoms with Crippen LogP contribution in [0.4, 0.5) is 4.79 Å². The quantitative estimate of drug-likeness (QED) is 0.598. The van der Waals surface area contributed by atoms with Gasteiger partial charge < -0.3 is 18.3 Å². The molecular formula is C11H24O5Si. The smallest absolute Gasteiger partial charge is 0.466 e. The minimum absolute atomic E-state index is 0.0252. The van der Waals surface area contributed by atoms with Crippen LogP contribution in [-0.4, -0.2) is 46.3 Å². The Balaban J connectivity index is 4.76. The molecule has 0 atom stereocenters. The van der Waals surface area contributed by atoms with Gasteiger partial charge in [-0.15, -0.1) is 0 Å². The highest BCUT2D eigenvalue weighted by atomic mass is 28.4. The van der Waals surface area contributed by atoms with Crippen LogP contribution >= 0.6 is 0 Å². The summed E-state index contributed by atoms with van der Waals surface area (Å²) in [5.41, 5.74) is -0.399. The zero-order valence-electron chi connectivity index (χ0n) is 11.4. The lowest BCUT2D eigenvalue weighted by atomic mass is 10.5. The third-order valence-electron chi connectivity index (χ3n) is 1.95. The Morgan fingerprint density at radius 3 is 1.94 bits per heavy atom. The Hall–Kier alpha value is -0.433. The number of hydrogen-bond acceptors (Lipinski definition) is 5. The van der Waals surface area contributed by atoms with E-state index < -0.39 is 14.2 Å². The summed E-state index contributed by atoms with van der Waals surface area (Å²) in [5.74, 6) is 0. The number of rotatable bonds is 9. The van der Waals surface area contributed by atoms with E-state index in [2.05, 4.69) is 0 Å². The van der Waals surface area contributed by atoms with E-state index in [4.69, 9.17) is 18.3 Å². The second kappa shape index (κ2) is 8.63. The number of ether oxygens (including phenoxy) is 2. The van der Waals surface area contributed by atoms with Crippen LogP contribution < -0.4 is 0 Å². The van der Waals surface area contributed by atoms with Gasteiger partial charge in [0, 0.05) is 13.2 Å². The maximum atomic E-state index is 12.0. The van der Waals surface area contributed by atoms with Crippen LogP contribution in [0.15, 0.2) is 0 Å². The fourth-order valence-corrected chi connectivity index (χ4v) is 3.74. The van der Waals surface area contributed by atoms with Crippen LogP contribution in [0.2, 0.25) is 0 Å². The molecule has 0 unspecified atom stereocenters. The summed E-state index contributed by atoms with van der Waals surface area (Å²) in [6.07, 6.45) is 0.197. The lowest BCUT2D eigenvalue weighted by Crippen LogP contribution is -2.56. The Morgan fingerprint density at radius 1 is 1.06 bits per heavy atom. The van der Waals surface area contributed by atoms with Crippen molar-refractivity contribution in [3.63, 3.8) is 0 Å². The molecule has 0 radical (unpaired) electrons. The van der Waals surface area contributed by atoms with Crippen molar-refractivity contribution in [1.29, 1.82) is 0 Å². The molecule has 0 fully saturated rings. The van der Waals surface area contributed by atoms with E-state index in [0.29, 0.717) is 19.8 Å². The number of carbonyl (C=O) groups is 1. The van der Waals surface area contributed by atoms with E-state index >= 15 is 0 Å². The number of carbonyl (C=O) groups excluding carboxylic acids is 1. The molecule has 6 heteroatoms. The molecule has 0 aromatic heterocycles. The van der Waals surface area contributed by atoms with Gasteiger partial charge in [-0.1, -0.05) is 0 Å². The molecule has 5 nitrogen and oxygen atoms in total. The van der Waals surface area contributed by atoms with Crippen molar-refractivity contribution < 1.29 is 23.1 Å². The predicted octanol–water partition coefficient (Wildman–Crippen LogP) is 2.20. The third kappa shape index (κ3) is 5.63. The van der Waals surface area contributed by atoms with Gasteiger partial charge in [-0.05, 0) is 34.6 Å². The summed E-state index contributed by atoms with van der Waals surface area (Å²) < 4.78 is 21.6. The van der Waals surface area contributed by atoms with Crippen LogP contribution in [-0.2, 0) is 18.3 Å². The van der Waals surface area contributed by atoms with E-state index in [0.717, 1.165) is 0 Å². The molecule has 17 heavy (non-hydrogen) atoms. The van der Waals surface area contributed by atoms with E-state index in [9.17, 15) is 4.79 Å². The summed E-state index contributed by atoms with van der Waals surface area (Å²) >= 11 is 0. The van der Waals surface area contributed by atoms with Crippen LogP contribution in [0.3, 0.4) is 0 Å². The van der Waals surface area contributed by atoms with Gasteiger partial charge in [-0.2, -0.15) is 0 Å². The van der Waals surface area contributed by atoms with Gasteiger partial charge in [0.25, 0.3) is 0 Å². The normalized spacial score (nSPS) is 11.9. The van der Waals surface area contributed by atoms with E-state index in [1.54, 1.807) is 6.92 Å². The molecule has 102 valence electrons. The highest BCUT2D eigenvalue weighted by molar-refractivity contribution is 6.95. The first-order valence-electron chi connectivity index (χ1n) is 6.09. The second-order valence-electron chi connectivity index (χ2n) is 3.70. The largest absolute Gasteiger partial charge is 0.488 e. The van der Waals surface area contributed by atoms with Gasteiger partial charge in [0.2, 0.25) is 0 Å². The minimum Gasteiger partial charge on any atom is -0.466 e. The topological polar surface area (TPSA) is 54.0 Å². The van der Waals surface area contributed by atoms with E-state index in [-0.39, 0.29) is 12.3 Å². The van der Waals surface area contributed by atoms with Gasteiger partial charge in [0.15, 0.2) is 0 Å². The maximum absolute atomic E-state index is 12.0. The first-order chi connectivity index (χ1) is 8.02. The van der Waals surface area contributed by atoms with Crippen LogP contribution in [0.1, 0.15) is 34.6 Å². The molecule has 0 spiro atoms. The highest BCUT2D eigenvalue weighted by Crippen LogP contribution is 2.13. The summed E-state index contributed by atoms with van der Waals surface area (Å²) in [4.78, 5) is 12.0. The Bertz CT molecular complexity index is 214. The minimum atomic E-state index is -3.07. The first-order valence-corrected chi connectivity index (χ1v) is 8.11. The predicted molar refractivity (Wildman–Crippen MR) is 67.1 cm³/mol. The standard InChI is InChI=1S/C11H24O5Si/c1-6-13-11(12)17(15-7-2,16-8-3)9-14-10(4)5/h10H,6-9H2,1-5H3. The summed E-state index contributed by atoms with van der Waals surface area (Å²) in [6.45, 7) is 10.4. The molecule has 0 saturated carbocycles. The van der Waals surface area contributed by atoms with Gasteiger partial charge in [0.1, 0.15) is 6.23 Å². The SMILES string of the molecule is CCOC(=O)[Si](COC(C)C)(OCC)OCC. The molecule has 0 aliphatic heterocycles. The summed E-state index contributed by atoms with van der Waals surface area (Å²) in [7, 11) is -3.07. The fraction of sp³-hybridized carbons (Fsp3) is 0.909. The van der Waals surface area contributed by atoms with E-state index in [1.807, 2.05) is 27.7 Å². The number of hydrogen-bond donors (Lipinski definition) is 0. The molecule has 0 N–H and O–H groups in total. The van der Waals surface area contributed by atoms with Crippen molar-refractivity contribution in [2.45, 2.75) is 40.7 Å². The second-order valence-corrected chi connectivity index (χ2v) is 6.48. The molecule has 0 aliphatic carbocycles. The third-order valence-corrected chi connectivity index (χ3v) is 4.77. The van der Waals surface area contributed by atoms with Gasteiger partial charge in [-0.3, -0.25) is 4.79 Å². The van der Waals surface area contributed by atoms with Crippen LogP contribution in [0, 0.1) is 0 Å². The highest BCUT2D eigenvalue weighted by Gasteiger charge is 2.49. The average Bonchev–Trinajstić information content (AvgIpc) is 2.26. The summed E-state index contributed by atoms with van der Waals surface area (Å²) in [6, 6.07) is 0. The lowest BCUT2D eigenvalue weighted by molar-refractivity contribution is 0.0649. The molecule has 0 aliphatic rings. The Labute approximate surface area is 105 Å². The Kier molecular flexibility index (Phi) is 8.41. The van der Waals surface area contributed by atoms with Gasteiger partial charge in [-0.25, -0.2) is 0 Å². The van der Waals surface area contributed by atoms with Crippen LogP contribution in [0.5, 0.6) is 0 Å². The van der Waals surface area contributed by atoms with E-state index in [1.165, 1.54) is 0 Å². The van der Waals surface area contributed by atoms with Crippen molar-refractivity contribution in [1.82, 2.24) is 0 Å². The van der Waals surface area contributed by atoms with Crippen molar-refractivity contribution in [2.75, 3.05) is 26.1 Å². The zero-order valence-corrected chi connectivity index (χ0v) is 12.4. The Morgan fingerprint density at radius 2 is 1.59 bits per heavy atom. The van der Waals surface area contributed by atoms with Gasteiger partial charge >= 0.3 is 14.2 Å². The first kappa shape index (κ1) is 16.6. The zero-order chi connectivity index (χ0) is 13.3. The molecular weight excluding hydrogens is 240 g/mol. The monoisotopic (exact) mass is 264 g/mol. The van der Waals surface area contributed by atoms with Crippen molar-refractivity contribution >= 4 is 14.2 Å². The van der Waals surface area contributed by atoms with Gasteiger partial charge in [0.05, 0.1) is 12.7 Å². The fourth-order valence-electron chi connectivity index (χ4n) is 1.29. The molecule has 0 rings (SSSR count). The molecule has 0 heterocycles. The van der Waals surface area contributed by atoms with Crippen molar-refractivity contribution in [3.8, 4) is 0 Å². The lowest BCUT2D eigenvalue weighted by Gasteiger charge is -2.27. The summed E-state index contributed by atoms with van der Waals surface area (Å²) in [5, 5.41) is 0. The molecule has 0 amide bonds. The maximum Gasteiger partial charge on any atom is 0.488 e. The molecule has 0 bridgehead atoms.